The van der Waals surface area contributed by atoms with Crippen LogP contribution >= 0.6 is 11.3 Å². The van der Waals surface area contributed by atoms with Crippen LogP contribution in [0, 0.1) is 11.3 Å². The summed E-state index contributed by atoms with van der Waals surface area (Å²) in [6.07, 6.45) is 3.08. The zero-order chi connectivity index (χ0) is 17.5. The number of piperidine rings is 1. The highest BCUT2D eigenvalue weighted by Crippen LogP contribution is 2.58. The number of nitrogens with zero attached hydrogens (tertiary/aromatic N) is 1. The average molecular weight is 351 g/mol. The molecule has 6 nitrogen and oxygen atoms in total. The molecule has 0 aromatic carbocycles. The largest absolute Gasteiger partial charge is 0.465 e. The van der Waals surface area contributed by atoms with E-state index >= 15 is 0 Å². The van der Waals surface area contributed by atoms with Gasteiger partial charge < -0.3 is 15.4 Å². The Hall–Kier alpha value is -1.47. The molecule has 132 valence electrons. The van der Waals surface area contributed by atoms with E-state index in [2.05, 4.69) is 15.6 Å². The van der Waals surface area contributed by atoms with Crippen molar-refractivity contribution in [1.29, 1.82) is 0 Å². The summed E-state index contributed by atoms with van der Waals surface area (Å²) in [6.45, 7) is 7.95. The molecule has 0 bridgehead atoms. The standard InChI is InChI=1S/C17H25N3O3S/c1-16(2,3)12-11(14(22)23-4)24-15(19-12)20-13(21)10-9-17(10)5-7-18-8-6-17/h10,18H,5-9H2,1-4H3,(H,19,20,21). The number of methoxy groups -OCH3 is 1. The van der Waals surface area contributed by atoms with Crippen LogP contribution in [0.15, 0.2) is 0 Å². The minimum absolute atomic E-state index is 0.0301. The third-order valence-electron chi connectivity index (χ3n) is 5.04. The number of esters is 1. The first-order valence-electron chi connectivity index (χ1n) is 8.38. The minimum Gasteiger partial charge on any atom is -0.465 e. The maximum absolute atomic E-state index is 12.6. The molecule has 1 aromatic rings. The van der Waals surface area contributed by atoms with Crippen LogP contribution in [0.2, 0.25) is 0 Å². The first-order chi connectivity index (χ1) is 11.3. The van der Waals surface area contributed by atoms with Crippen molar-refractivity contribution >= 4 is 28.3 Å². The van der Waals surface area contributed by atoms with Gasteiger partial charge in [-0.2, -0.15) is 0 Å². The number of anilines is 1. The fraction of sp³-hybridized carbons (Fsp3) is 0.706. The normalized spacial score (nSPS) is 22.2. The van der Waals surface area contributed by atoms with Gasteiger partial charge in [0.2, 0.25) is 5.91 Å². The molecule has 2 aliphatic rings. The van der Waals surface area contributed by atoms with Gasteiger partial charge in [-0.05, 0) is 37.8 Å². The summed E-state index contributed by atoms with van der Waals surface area (Å²) in [4.78, 5) is 29.5. The van der Waals surface area contributed by atoms with E-state index < -0.39 is 5.97 Å². The number of hydrogen-bond acceptors (Lipinski definition) is 6. The molecule has 0 radical (unpaired) electrons. The second kappa shape index (κ2) is 6.11. The monoisotopic (exact) mass is 351 g/mol. The SMILES string of the molecule is COC(=O)c1sc(NC(=O)C2CC23CCNCC3)nc1C(C)(C)C. The summed E-state index contributed by atoms with van der Waals surface area (Å²) in [5.41, 5.74) is 0.561. The Morgan fingerprint density at radius 2 is 2.00 bits per heavy atom. The third-order valence-corrected chi connectivity index (χ3v) is 5.99. The molecule has 1 saturated carbocycles. The first kappa shape index (κ1) is 17.4. The molecule has 1 aliphatic carbocycles. The molecule has 24 heavy (non-hydrogen) atoms. The van der Waals surface area contributed by atoms with Gasteiger partial charge in [0.15, 0.2) is 5.13 Å². The van der Waals surface area contributed by atoms with Crippen LogP contribution < -0.4 is 10.6 Å². The van der Waals surface area contributed by atoms with Crippen molar-refractivity contribution in [3.05, 3.63) is 10.6 Å². The molecular formula is C17H25N3O3S. The number of ether oxygens (including phenoxy) is 1. The highest BCUT2D eigenvalue weighted by Gasteiger charge is 2.57. The molecule has 1 aromatic heterocycles. The number of amides is 1. The third kappa shape index (κ3) is 3.19. The lowest BCUT2D eigenvalue weighted by Crippen LogP contribution is -2.31. The Labute approximate surface area is 146 Å². The van der Waals surface area contributed by atoms with Crippen molar-refractivity contribution in [3.8, 4) is 0 Å². The molecule has 1 amide bonds. The lowest BCUT2D eigenvalue weighted by atomic mass is 9.91. The molecule has 3 rings (SSSR count). The summed E-state index contributed by atoms with van der Waals surface area (Å²) >= 11 is 1.20. The van der Waals surface area contributed by atoms with Gasteiger partial charge in [0.1, 0.15) is 4.88 Å². The zero-order valence-corrected chi connectivity index (χ0v) is 15.5. The number of aromatic nitrogens is 1. The molecule has 7 heteroatoms. The van der Waals surface area contributed by atoms with E-state index in [0.29, 0.717) is 15.7 Å². The van der Waals surface area contributed by atoms with Gasteiger partial charge in [-0.25, -0.2) is 9.78 Å². The second-order valence-corrected chi connectivity index (χ2v) is 8.80. The van der Waals surface area contributed by atoms with Gasteiger partial charge in [0.25, 0.3) is 0 Å². The number of nitrogens with one attached hydrogen (secondary N) is 2. The van der Waals surface area contributed by atoms with E-state index in [1.165, 1.54) is 18.4 Å². The second-order valence-electron chi connectivity index (χ2n) is 7.80. The summed E-state index contributed by atoms with van der Waals surface area (Å²) < 4.78 is 4.85. The lowest BCUT2D eigenvalue weighted by Gasteiger charge is -2.23. The van der Waals surface area contributed by atoms with Crippen molar-refractivity contribution in [2.24, 2.45) is 11.3 Å². The van der Waals surface area contributed by atoms with Gasteiger partial charge >= 0.3 is 5.97 Å². The van der Waals surface area contributed by atoms with E-state index in [1.807, 2.05) is 20.8 Å². The Balaban J connectivity index is 1.75. The maximum Gasteiger partial charge on any atom is 0.350 e. The smallest absolute Gasteiger partial charge is 0.350 e. The van der Waals surface area contributed by atoms with Gasteiger partial charge in [-0.1, -0.05) is 32.1 Å². The van der Waals surface area contributed by atoms with Crippen molar-refractivity contribution in [2.75, 3.05) is 25.5 Å². The van der Waals surface area contributed by atoms with Crippen molar-refractivity contribution in [3.63, 3.8) is 0 Å². The maximum atomic E-state index is 12.6. The molecule has 2 heterocycles. The first-order valence-corrected chi connectivity index (χ1v) is 9.20. The fourth-order valence-corrected chi connectivity index (χ4v) is 4.60. The van der Waals surface area contributed by atoms with Crippen LogP contribution in [0.1, 0.15) is 55.4 Å². The van der Waals surface area contributed by atoms with Crippen LogP contribution in [0.25, 0.3) is 0 Å². The number of carbonyl (C=O) groups excluding carboxylic acids is 2. The molecule has 2 N–H and O–H groups in total. The lowest BCUT2D eigenvalue weighted by molar-refractivity contribution is -0.118. The van der Waals surface area contributed by atoms with E-state index in [0.717, 1.165) is 32.4 Å². The van der Waals surface area contributed by atoms with Gasteiger partial charge in [-0.3, -0.25) is 4.79 Å². The zero-order valence-electron chi connectivity index (χ0n) is 14.7. The topological polar surface area (TPSA) is 80.3 Å². The highest BCUT2D eigenvalue weighted by atomic mass is 32.1. The predicted octanol–water partition coefficient (Wildman–Crippen LogP) is 2.56. The van der Waals surface area contributed by atoms with Crippen LogP contribution in [0.5, 0.6) is 0 Å². The molecule has 2 fully saturated rings. The van der Waals surface area contributed by atoms with Gasteiger partial charge in [0, 0.05) is 11.3 Å². The number of hydrogen-bond donors (Lipinski definition) is 2. The molecule has 1 spiro atoms. The van der Waals surface area contributed by atoms with Crippen molar-refractivity contribution in [2.45, 2.75) is 45.4 Å². The van der Waals surface area contributed by atoms with Crippen molar-refractivity contribution < 1.29 is 14.3 Å². The van der Waals surface area contributed by atoms with Gasteiger partial charge in [-0.15, -0.1) is 0 Å². The minimum atomic E-state index is -0.404. The average Bonchev–Trinajstić information content (AvgIpc) is 3.04. The van der Waals surface area contributed by atoms with Crippen LogP contribution in [-0.2, 0) is 14.9 Å². The van der Waals surface area contributed by atoms with Crippen molar-refractivity contribution in [1.82, 2.24) is 10.3 Å². The molecular weight excluding hydrogens is 326 g/mol. The Morgan fingerprint density at radius 3 is 2.58 bits per heavy atom. The summed E-state index contributed by atoms with van der Waals surface area (Å²) in [6, 6.07) is 0. The summed E-state index contributed by atoms with van der Waals surface area (Å²) in [7, 11) is 1.36. The highest BCUT2D eigenvalue weighted by molar-refractivity contribution is 7.17. The number of carbonyl (C=O) groups is 2. The van der Waals surface area contributed by atoms with Crippen LogP contribution in [-0.4, -0.2) is 37.1 Å². The fourth-order valence-electron chi connectivity index (χ4n) is 3.50. The predicted molar refractivity (Wildman–Crippen MR) is 93.4 cm³/mol. The Morgan fingerprint density at radius 1 is 1.33 bits per heavy atom. The van der Waals surface area contributed by atoms with Gasteiger partial charge in [0.05, 0.1) is 12.8 Å². The Bertz CT molecular complexity index is 657. The summed E-state index contributed by atoms with van der Waals surface area (Å²) in [5, 5.41) is 6.76. The molecule has 1 saturated heterocycles. The molecule has 1 unspecified atom stereocenters. The van der Waals surface area contributed by atoms with E-state index in [-0.39, 0.29) is 22.7 Å². The quantitative estimate of drug-likeness (QED) is 0.818. The van der Waals surface area contributed by atoms with E-state index in [1.54, 1.807) is 0 Å². The number of thiazole rings is 1. The number of rotatable bonds is 3. The van der Waals surface area contributed by atoms with E-state index in [4.69, 9.17) is 4.74 Å². The van der Waals surface area contributed by atoms with E-state index in [9.17, 15) is 9.59 Å². The van der Waals surface area contributed by atoms with Crippen LogP contribution in [0.4, 0.5) is 5.13 Å². The summed E-state index contributed by atoms with van der Waals surface area (Å²) in [5.74, 6) is -0.301. The molecule has 1 aliphatic heterocycles. The Kier molecular flexibility index (Phi) is 4.42. The van der Waals surface area contributed by atoms with Crippen LogP contribution in [0.3, 0.4) is 0 Å². The molecule has 1 atom stereocenters.